The molecule has 0 aliphatic carbocycles. The molecule has 142 valence electrons. The van der Waals surface area contributed by atoms with Crippen LogP contribution in [0.2, 0.25) is 0 Å². The van der Waals surface area contributed by atoms with Crippen molar-refractivity contribution in [1.29, 1.82) is 5.26 Å². The summed E-state index contributed by atoms with van der Waals surface area (Å²) in [5.74, 6) is 0.887. The van der Waals surface area contributed by atoms with Crippen LogP contribution in [0.15, 0.2) is 48.5 Å². The third kappa shape index (κ3) is 3.46. The van der Waals surface area contributed by atoms with Gasteiger partial charge in [0.25, 0.3) is 0 Å². The van der Waals surface area contributed by atoms with Crippen molar-refractivity contribution in [2.75, 3.05) is 26.1 Å². The van der Waals surface area contributed by atoms with Crippen molar-refractivity contribution in [3.05, 3.63) is 70.8 Å². The van der Waals surface area contributed by atoms with Gasteiger partial charge in [0.2, 0.25) is 0 Å². The quantitative estimate of drug-likeness (QED) is 0.574. The summed E-state index contributed by atoms with van der Waals surface area (Å²) in [5, 5.41) is 9.34. The molecule has 28 heavy (non-hydrogen) atoms. The molecule has 0 aliphatic rings. The van der Waals surface area contributed by atoms with E-state index in [1.54, 1.807) is 7.11 Å². The molecule has 0 aromatic heterocycles. The van der Waals surface area contributed by atoms with Gasteiger partial charge in [-0.1, -0.05) is 24.3 Å². The summed E-state index contributed by atoms with van der Waals surface area (Å²) in [6, 6.07) is 18.7. The predicted octanol–water partition coefficient (Wildman–Crippen LogP) is 5.89. The number of nitrogens with zero attached hydrogens (tertiary/aromatic N) is 2. The van der Waals surface area contributed by atoms with Gasteiger partial charge in [-0.3, -0.25) is 0 Å². The maximum absolute atomic E-state index is 9.34. The van der Waals surface area contributed by atoms with Crippen LogP contribution in [0.4, 0.5) is 5.69 Å². The van der Waals surface area contributed by atoms with Crippen molar-refractivity contribution in [1.82, 2.24) is 0 Å². The molecule has 3 nitrogen and oxygen atoms in total. The molecule has 0 bridgehead atoms. The monoisotopic (exact) mass is 370 g/mol. The largest absolute Gasteiger partial charge is 0.496 e. The fraction of sp³-hybridized carbons (Fsp3) is 0.240. The van der Waals surface area contributed by atoms with Gasteiger partial charge >= 0.3 is 0 Å². The molecular weight excluding hydrogens is 344 g/mol. The highest BCUT2D eigenvalue weighted by Crippen LogP contribution is 2.44. The highest BCUT2D eigenvalue weighted by molar-refractivity contribution is 5.91. The van der Waals surface area contributed by atoms with Crippen LogP contribution in [0.25, 0.3) is 22.3 Å². The molecule has 0 heterocycles. The number of ether oxygens (including phenoxy) is 1. The van der Waals surface area contributed by atoms with E-state index < -0.39 is 0 Å². The number of benzene rings is 3. The van der Waals surface area contributed by atoms with E-state index in [1.165, 1.54) is 11.1 Å². The summed E-state index contributed by atoms with van der Waals surface area (Å²) in [5.41, 5.74) is 9.62. The van der Waals surface area contributed by atoms with Crippen LogP contribution in [-0.2, 0) is 0 Å². The number of rotatable bonds is 4. The Hall–Kier alpha value is -3.25. The van der Waals surface area contributed by atoms with E-state index in [-0.39, 0.29) is 0 Å². The summed E-state index contributed by atoms with van der Waals surface area (Å²) in [6.45, 7) is 6.32. The standard InChI is InChI=1S/C25H26N2O/c1-16-13-23(20-9-7-8-19(14-20)15-26)24(25(28-6)18(16)3)22-11-10-21(27(4)5)12-17(22)2/h7-14H,1-6H3. The van der Waals surface area contributed by atoms with Crippen molar-refractivity contribution in [2.24, 2.45) is 0 Å². The van der Waals surface area contributed by atoms with E-state index in [1.807, 2.05) is 32.3 Å². The van der Waals surface area contributed by atoms with Crippen molar-refractivity contribution in [3.8, 4) is 34.1 Å². The summed E-state index contributed by atoms with van der Waals surface area (Å²) >= 11 is 0. The minimum absolute atomic E-state index is 0.653. The normalized spacial score (nSPS) is 10.5. The molecule has 3 aromatic carbocycles. The van der Waals surface area contributed by atoms with Crippen LogP contribution < -0.4 is 9.64 Å². The van der Waals surface area contributed by atoms with Crippen LogP contribution in [0.3, 0.4) is 0 Å². The van der Waals surface area contributed by atoms with Crippen molar-refractivity contribution in [3.63, 3.8) is 0 Å². The Morgan fingerprint density at radius 2 is 1.64 bits per heavy atom. The van der Waals surface area contributed by atoms with Gasteiger partial charge in [0.15, 0.2) is 0 Å². The van der Waals surface area contributed by atoms with Crippen molar-refractivity contribution < 1.29 is 4.74 Å². The zero-order valence-electron chi connectivity index (χ0n) is 17.4. The number of aryl methyl sites for hydroxylation is 2. The molecule has 0 amide bonds. The topological polar surface area (TPSA) is 36.3 Å². The molecule has 0 N–H and O–H groups in total. The van der Waals surface area contributed by atoms with Crippen molar-refractivity contribution >= 4 is 5.69 Å². The molecule has 3 heteroatoms. The maximum atomic E-state index is 9.34. The first-order chi connectivity index (χ1) is 13.4. The van der Waals surface area contributed by atoms with Gasteiger partial charge in [-0.2, -0.15) is 5.26 Å². The van der Waals surface area contributed by atoms with Gasteiger partial charge in [0.1, 0.15) is 5.75 Å². The second kappa shape index (κ2) is 7.78. The van der Waals surface area contributed by atoms with E-state index in [9.17, 15) is 5.26 Å². The number of methoxy groups -OCH3 is 1. The lowest BCUT2D eigenvalue weighted by Crippen LogP contribution is -2.08. The Bertz CT molecular complexity index is 1070. The highest BCUT2D eigenvalue weighted by Gasteiger charge is 2.19. The molecule has 0 spiro atoms. The lowest BCUT2D eigenvalue weighted by molar-refractivity contribution is 0.413. The van der Waals surface area contributed by atoms with Crippen molar-refractivity contribution in [2.45, 2.75) is 20.8 Å². The molecule has 0 saturated heterocycles. The number of nitriles is 1. The van der Waals surface area contributed by atoms with Crippen LogP contribution in [0, 0.1) is 32.1 Å². The fourth-order valence-corrected chi connectivity index (χ4v) is 3.60. The van der Waals surface area contributed by atoms with Gasteiger partial charge in [-0.15, -0.1) is 0 Å². The number of hydrogen-bond acceptors (Lipinski definition) is 3. The Kier molecular flexibility index (Phi) is 5.42. The van der Waals surface area contributed by atoms with Crippen LogP contribution in [0.5, 0.6) is 5.75 Å². The molecule has 0 fully saturated rings. The van der Waals surface area contributed by atoms with Crippen LogP contribution in [0.1, 0.15) is 22.3 Å². The maximum Gasteiger partial charge on any atom is 0.130 e. The fourth-order valence-electron chi connectivity index (χ4n) is 3.60. The summed E-state index contributed by atoms with van der Waals surface area (Å²) in [4.78, 5) is 2.10. The van der Waals surface area contributed by atoms with E-state index >= 15 is 0 Å². The van der Waals surface area contributed by atoms with Gasteiger partial charge in [0, 0.05) is 25.3 Å². The average Bonchev–Trinajstić information content (AvgIpc) is 2.69. The first-order valence-corrected chi connectivity index (χ1v) is 9.34. The second-order valence-corrected chi connectivity index (χ2v) is 7.36. The molecule has 0 radical (unpaired) electrons. The molecule has 3 aromatic rings. The van der Waals surface area contributed by atoms with Gasteiger partial charge in [0.05, 0.1) is 18.7 Å². The molecule has 0 aliphatic heterocycles. The number of anilines is 1. The van der Waals surface area contributed by atoms with Gasteiger partial charge in [-0.05, 0) is 78.4 Å². The molecule has 3 rings (SSSR count). The summed E-state index contributed by atoms with van der Waals surface area (Å²) in [7, 11) is 5.82. The minimum Gasteiger partial charge on any atom is -0.496 e. The Morgan fingerprint density at radius 3 is 2.25 bits per heavy atom. The predicted molar refractivity (Wildman–Crippen MR) is 117 cm³/mol. The molecular formula is C25H26N2O. The average molecular weight is 370 g/mol. The van der Waals surface area contributed by atoms with Gasteiger partial charge < -0.3 is 9.64 Å². The lowest BCUT2D eigenvalue weighted by atomic mass is 9.87. The third-order valence-corrected chi connectivity index (χ3v) is 5.29. The Morgan fingerprint density at radius 1 is 0.893 bits per heavy atom. The Labute approximate surface area is 167 Å². The van der Waals surface area contributed by atoms with E-state index in [2.05, 4.69) is 62.1 Å². The van der Waals surface area contributed by atoms with Gasteiger partial charge in [-0.25, -0.2) is 0 Å². The first-order valence-electron chi connectivity index (χ1n) is 9.34. The first kappa shape index (κ1) is 19.5. The summed E-state index contributed by atoms with van der Waals surface area (Å²) in [6.07, 6.45) is 0. The number of hydrogen-bond donors (Lipinski definition) is 0. The third-order valence-electron chi connectivity index (χ3n) is 5.29. The smallest absolute Gasteiger partial charge is 0.130 e. The molecule has 0 atom stereocenters. The van der Waals surface area contributed by atoms with E-state index in [4.69, 9.17) is 4.74 Å². The zero-order chi connectivity index (χ0) is 20.4. The SMILES string of the molecule is COc1c(C)c(C)cc(-c2cccc(C#N)c2)c1-c1ccc(N(C)C)cc1C. The van der Waals surface area contributed by atoms with E-state index in [0.717, 1.165) is 39.3 Å². The molecule has 0 saturated carbocycles. The van der Waals surface area contributed by atoms with E-state index in [0.29, 0.717) is 5.56 Å². The summed E-state index contributed by atoms with van der Waals surface area (Å²) < 4.78 is 5.89. The lowest BCUT2D eigenvalue weighted by Gasteiger charge is -2.22. The van der Waals surface area contributed by atoms with Crippen LogP contribution >= 0.6 is 0 Å². The minimum atomic E-state index is 0.653. The zero-order valence-corrected chi connectivity index (χ0v) is 17.4. The Balaban J connectivity index is 2.36. The molecule has 0 unspecified atom stereocenters. The van der Waals surface area contributed by atoms with Crippen LogP contribution in [-0.4, -0.2) is 21.2 Å². The second-order valence-electron chi connectivity index (χ2n) is 7.36. The highest BCUT2D eigenvalue weighted by atomic mass is 16.5.